The minimum Gasteiger partial charge on any atom is -0.392 e. The van der Waals surface area contributed by atoms with Gasteiger partial charge in [0.25, 0.3) is 0 Å². The molecule has 0 amide bonds. The van der Waals surface area contributed by atoms with E-state index in [1.807, 2.05) is 6.20 Å². The van der Waals surface area contributed by atoms with Crippen LogP contribution < -0.4 is 0 Å². The molecule has 2 aromatic heterocycles. The Kier molecular flexibility index (Phi) is 6.55. The first-order valence-electron chi connectivity index (χ1n) is 11.0. The summed E-state index contributed by atoms with van der Waals surface area (Å²) in [6, 6.07) is 19.7. The number of piperidine rings is 1. The Morgan fingerprint density at radius 2 is 1.94 bits per heavy atom. The maximum atomic E-state index is 9.92. The average Bonchev–Trinajstić information content (AvgIpc) is 3.18. The molecule has 6 heteroatoms. The second kappa shape index (κ2) is 9.55. The summed E-state index contributed by atoms with van der Waals surface area (Å²) < 4.78 is 2.13. The van der Waals surface area contributed by atoms with Crippen molar-refractivity contribution in [2.45, 2.75) is 32.4 Å². The van der Waals surface area contributed by atoms with Crippen molar-refractivity contribution in [2.75, 3.05) is 13.1 Å². The molecule has 4 nitrogen and oxygen atoms in total. The normalized spacial score (nSPS) is 17.2. The highest BCUT2D eigenvalue weighted by Gasteiger charge is 2.18. The molecule has 1 unspecified atom stereocenters. The van der Waals surface area contributed by atoms with E-state index >= 15 is 0 Å². The van der Waals surface area contributed by atoms with Gasteiger partial charge in [-0.1, -0.05) is 54.1 Å². The zero-order chi connectivity index (χ0) is 22.1. The number of hydrogen-bond donors (Lipinski definition) is 1. The lowest BCUT2D eigenvalue weighted by Crippen LogP contribution is -2.37. The van der Waals surface area contributed by atoms with Crippen LogP contribution in [0.4, 0.5) is 0 Å². The number of β-amino-alcohol motifs (C(OH)–C–C–N with tert-alkyl or cyclic N) is 1. The highest BCUT2D eigenvalue weighted by atomic mass is 127. The maximum Gasteiger partial charge on any atom is 0.151 e. The average molecular weight is 555 g/mol. The van der Waals surface area contributed by atoms with E-state index in [0.29, 0.717) is 0 Å². The molecule has 1 atom stereocenters. The van der Waals surface area contributed by atoms with Crippen LogP contribution in [-0.4, -0.2) is 38.2 Å². The van der Waals surface area contributed by atoms with Gasteiger partial charge in [-0.25, -0.2) is 4.98 Å². The van der Waals surface area contributed by atoms with E-state index in [9.17, 15) is 5.11 Å². The number of aromatic nitrogens is 2. The predicted molar refractivity (Wildman–Crippen MR) is 143 cm³/mol. The lowest BCUT2D eigenvalue weighted by molar-refractivity contribution is 0.0668. The Labute approximate surface area is 205 Å². The second-order valence-electron chi connectivity index (χ2n) is 8.63. The van der Waals surface area contributed by atoms with E-state index in [0.717, 1.165) is 43.7 Å². The number of pyridine rings is 1. The quantitative estimate of drug-likeness (QED) is 0.286. The highest BCUT2D eigenvalue weighted by molar-refractivity contribution is 14.2. The molecule has 1 aliphatic rings. The van der Waals surface area contributed by atoms with E-state index in [1.165, 1.54) is 33.2 Å². The number of halogens is 1. The van der Waals surface area contributed by atoms with Crippen LogP contribution in [0.5, 0.6) is 0 Å². The largest absolute Gasteiger partial charge is 0.392 e. The topological polar surface area (TPSA) is 41.3 Å². The summed E-state index contributed by atoms with van der Waals surface area (Å²) >= 11 is 2.31. The fraction of sp³-hybridized carbons (Fsp3) is 0.269. The van der Waals surface area contributed by atoms with Crippen molar-refractivity contribution in [3.8, 4) is 22.3 Å². The van der Waals surface area contributed by atoms with Crippen molar-refractivity contribution >= 4 is 41.4 Å². The van der Waals surface area contributed by atoms with Gasteiger partial charge >= 0.3 is 0 Å². The van der Waals surface area contributed by atoms with Gasteiger partial charge in [0.2, 0.25) is 0 Å². The first kappa shape index (κ1) is 21.9. The molecule has 2 aromatic carbocycles. The Morgan fingerprint density at radius 3 is 2.69 bits per heavy atom. The fourth-order valence-corrected chi connectivity index (χ4v) is 5.82. The molecule has 3 heterocycles. The van der Waals surface area contributed by atoms with Crippen molar-refractivity contribution < 1.29 is 5.11 Å². The smallest absolute Gasteiger partial charge is 0.151 e. The minimum atomic E-state index is -0.184. The monoisotopic (exact) mass is 555 g/mol. The van der Waals surface area contributed by atoms with Crippen molar-refractivity contribution in [3.05, 3.63) is 78.1 Å². The first-order chi connectivity index (χ1) is 15.6. The molecule has 0 spiro atoms. The van der Waals surface area contributed by atoms with Crippen molar-refractivity contribution in [1.29, 1.82) is 0 Å². The molecule has 0 aliphatic carbocycles. The van der Waals surface area contributed by atoms with Gasteiger partial charge in [-0.2, -0.15) is 0 Å². The Morgan fingerprint density at radius 1 is 1.09 bits per heavy atom. The van der Waals surface area contributed by atoms with Gasteiger partial charge in [0.15, 0.2) is 5.65 Å². The molecule has 0 radical (unpaired) electrons. The molecule has 1 aliphatic heterocycles. The van der Waals surface area contributed by atoms with Crippen LogP contribution in [0.15, 0.2) is 67.0 Å². The number of aryl methyl sites for hydroxylation is 1. The van der Waals surface area contributed by atoms with E-state index in [4.69, 9.17) is 4.98 Å². The molecule has 0 saturated carbocycles. The predicted octanol–water partition coefficient (Wildman–Crippen LogP) is 6.48. The number of nitrogens with zero attached hydrogens (tertiary/aromatic N) is 3. The van der Waals surface area contributed by atoms with E-state index < -0.39 is 0 Å². The molecular weight excluding hydrogens is 529 g/mol. The molecule has 1 saturated heterocycles. The Balaban J connectivity index is 1.46. The summed E-state index contributed by atoms with van der Waals surface area (Å²) in [5, 5.41) is 11.1. The number of aliphatic hydroxyl groups excluding tert-OH is 1. The maximum absolute atomic E-state index is 9.92. The molecule has 164 valence electrons. The summed E-state index contributed by atoms with van der Waals surface area (Å²) in [4.78, 5) is 7.17. The van der Waals surface area contributed by atoms with Crippen LogP contribution in [0.3, 0.4) is 0 Å². The molecule has 4 aromatic rings. The van der Waals surface area contributed by atoms with Gasteiger partial charge in [-0.05, 0) is 49.1 Å². The summed E-state index contributed by atoms with van der Waals surface area (Å²) in [5.74, 6) is 0. The number of rotatable bonds is 5. The second-order valence-corrected chi connectivity index (χ2v) is 10.3. The summed E-state index contributed by atoms with van der Waals surface area (Å²) in [6.45, 7) is 4.86. The van der Waals surface area contributed by atoms with Gasteiger partial charge in [0.1, 0.15) is 0 Å². The molecule has 0 bridgehead atoms. The van der Waals surface area contributed by atoms with Crippen molar-refractivity contribution in [3.63, 3.8) is 0 Å². The van der Waals surface area contributed by atoms with Crippen LogP contribution in [0, 0.1) is 6.92 Å². The van der Waals surface area contributed by atoms with Crippen molar-refractivity contribution in [2.24, 2.45) is 0 Å². The molecule has 32 heavy (non-hydrogen) atoms. The van der Waals surface area contributed by atoms with Gasteiger partial charge in [-0.15, -0.1) is 0 Å². The number of fused-ring (bicyclic) bond motifs is 1. The third-order valence-electron chi connectivity index (χ3n) is 6.19. The third kappa shape index (κ3) is 4.59. The number of hydrogen-bond acceptors (Lipinski definition) is 4. The highest BCUT2D eigenvalue weighted by Crippen LogP contribution is 2.36. The summed E-state index contributed by atoms with van der Waals surface area (Å²) in [6.07, 6.45) is 5.97. The zero-order valence-corrected chi connectivity index (χ0v) is 21.0. The summed E-state index contributed by atoms with van der Waals surface area (Å²) in [5.41, 5.74) is 8.26. The summed E-state index contributed by atoms with van der Waals surface area (Å²) in [7, 11) is 1.64. The van der Waals surface area contributed by atoms with Gasteiger partial charge in [0, 0.05) is 72.3 Å². The molecule has 1 N–H and O–H groups in total. The lowest BCUT2D eigenvalue weighted by Gasteiger charge is -2.29. The molecular formula is C26H26IN3OS. The van der Waals surface area contributed by atoms with Gasteiger partial charge in [-0.3, -0.25) is 8.87 Å². The number of aliphatic hydroxyl groups is 1. The Hall–Kier alpha value is -1.87. The lowest BCUT2D eigenvalue weighted by atomic mass is 10.0. The first-order valence-corrected chi connectivity index (χ1v) is 14.3. The van der Waals surface area contributed by atoms with Gasteiger partial charge in [0.05, 0.1) is 6.10 Å². The zero-order valence-electron chi connectivity index (χ0n) is 18.0. The van der Waals surface area contributed by atoms with Crippen LogP contribution in [0.25, 0.3) is 33.3 Å². The Bertz CT molecular complexity index is 1240. The third-order valence-corrected chi connectivity index (χ3v) is 7.89. The van der Waals surface area contributed by atoms with Crippen LogP contribution in [0.1, 0.15) is 24.0 Å². The van der Waals surface area contributed by atoms with E-state index in [2.05, 4.69) is 97.8 Å². The number of benzene rings is 2. The fourth-order valence-electron chi connectivity index (χ4n) is 4.57. The molecule has 1 fully saturated rings. The van der Waals surface area contributed by atoms with E-state index in [-0.39, 0.29) is 6.10 Å². The van der Waals surface area contributed by atoms with E-state index in [1.54, 1.807) is 9.12 Å². The molecule has 5 rings (SSSR count). The standard InChI is InChI=1S/C26H26IN3OS/c1-18-4-2-5-21(12-18)25-17-30(32-27)26-24(25)13-22(14-28-26)20-9-7-19(8-10-20)15-29-11-3-6-23(31)16-29/h2,4-5,7-10,12-14,17,23,31H,3,6,11,15-16H2,1H3. The minimum absolute atomic E-state index is 0.184. The SMILES string of the molecule is Cc1cccc(-c2cn(SI)c3ncc(-c4ccc(CN5CCCC(O)C5)cc4)cc23)c1. The number of likely N-dealkylation sites (tertiary alicyclic amines) is 1. The van der Waals surface area contributed by atoms with Crippen molar-refractivity contribution in [1.82, 2.24) is 13.9 Å². The van der Waals surface area contributed by atoms with Crippen LogP contribution >= 0.6 is 30.3 Å². The van der Waals surface area contributed by atoms with Gasteiger partial charge < -0.3 is 5.11 Å². The van der Waals surface area contributed by atoms with Crippen LogP contribution in [0.2, 0.25) is 0 Å². The van der Waals surface area contributed by atoms with Crippen LogP contribution in [-0.2, 0) is 6.54 Å².